The molecule has 0 saturated carbocycles. The van der Waals surface area contributed by atoms with Crippen molar-refractivity contribution in [2.24, 2.45) is 0 Å². The van der Waals surface area contributed by atoms with Gasteiger partial charge in [0.25, 0.3) is 11.1 Å². The number of hydrogen-bond donors (Lipinski definition) is 0. The topological polar surface area (TPSA) is 46.6 Å². The van der Waals surface area contributed by atoms with Gasteiger partial charge in [0.15, 0.2) is 0 Å². The molecule has 1 heterocycles. The monoisotopic (exact) mass is 399 g/mol. The molecular weight excluding hydrogens is 382 g/mol. The van der Waals surface area contributed by atoms with Crippen molar-refractivity contribution in [1.29, 1.82) is 0 Å². The van der Waals surface area contributed by atoms with E-state index in [1.165, 1.54) is 7.05 Å². The Hall–Kier alpha value is -2.50. The second-order valence-electron chi connectivity index (χ2n) is 5.98. The molecule has 0 unspecified atom stereocenters. The number of amides is 2. The van der Waals surface area contributed by atoms with E-state index in [1.807, 2.05) is 42.5 Å². The van der Waals surface area contributed by atoms with E-state index in [1.54, 1.807) is 12.2 Å². The number of carbonyl (C=O) groups is 2. The lowest BCUT2D eigenvalue weighted by Crippen LogP contribution is -2.22. The van der Waals surface area contributed by atoms with Gasteiger partial charge in [-0.15, -0.1) is 6.58 Å². The predicted molar refractivity (Wildman–Crippen MR) is 110 cm³/mol. The smallest absolute Gasteiger partial charge is 0.293 e. The van der Waals surface area contributed by atoms with Gasteiger partial charge in [0.1, 0.15) is 12.4 Å². The third-order valence-electron chi connectivity index (χ3n) is 4.07. The number of benzene rings is 2. The summed E-state index contributed by atoms with van der Waals surface area (Å²) in [5, 5.41) is 0.395. The molecule has 0 N–H and O–H groups in total. The molecule has 0 radical (unpaired) electrons. The number of rotatable bonds is 6. The molecule has 2 aromatic rings. The number of allylic oxidation sites excluding steroid dienone is 1. The van der Waals surface area contributed by atoms with Crippen LogP contribution in [0.2, 0.25) is 5.02 Å². The molecular formula is C21H18ClNO3S. The number of hydrogen-bond acceptors (Lipinski definition) is 4. The number of ether oxygens (including phenoxy) is 1. The van der Waals surface area contributed by atoms with Gasteiger partial charge in [0.05, 0.1) is 4.91 Å². The molecule has 0 aromatic heterocycles. The van der Waals surface area contributed by atoms with Gasteiger partial charge in [-0.1, -0.05) is 41.9 Å². The Kier molecular flexibility index (Phi) is 6.04. The van der Waals surface area contributed by atoms with Crippen LogP contribution in [0.15, 0.2) is 60.0 Å². The summed E-state index contributed by atoms with van der Waals surface area (Å²) in [5.74, 6) is 0.449. The Morgan fingerprint density at radius 2 is 1.96 bits per heavy atom. The zero-order chi connectivity index (χ0) is 19.4. The fourth-order valence-electron chi connectivity index (χ4n) is 2.61. The molecule has 138 valence electrons. The Bertz CT molecular complexity index is 939. The molecule has 3 rings (SSSR count). The van der Waals surface area contributed by atoms with Gasteiger partial charge in [0.2, 0.25) is 0 Å². The Morgan fingerprint density at radius 3 is 2.63 bits per heavy atom. The molecule has 0 spiro atoms. The van der Waals surface area contributed by atoms with Crippen molar-refractivity contribution in [2.75, 3.05) is 7.05 Å². The van der Waals surface area contributed by atoms with Crippen LogP contribution in [0.3, 0.4) is 0 Å². The quantitative estimate of drug-likeness (QED) is 0.487. The Labute approximate surface area is 167 Å². The van der Waals surface area contributed by atoms with Gasteiger partial charge >= 0.3 is 0 Å². The highest BCUT2D eigenvalue weighted by molar-refractivity contribution is 8.18. The fourth-order valence-corrected chi connectivity index (χ4v) is 3.63. The first-order valence-electron chi connectivity index (χ1n) is 8.31. The maximum Gasteiger partial charge on any atom is 0.293 e. The molecule has 0 bridgehead atoms. The fraction of sp³-hybridized carbons (Fsp3) is 0.143. The molecule has 0 atom stereocenters. The maximum absolute atomic E-state index is 12.1. The van der Waals surface area contributed by atoms with E-state index in [2.05, 4.69) is 6.58 Å². The summed E-state index contributed by atoms with van der Waals surface area (Å²) in [6.45, 7) is 4.15. The van der Waals surface area contributed by atoms with Crippen LogP contribution in [0.25, 0.3) is 6.08 Å². The summed E-state index contributed by atoms with van der Waals surface area (Å²) >= 11 is 7.12. The number of imide groups is 1. The first kappa shape index (κ1) is 19.3. The van der Waals surface area contributed by atoms with Crippen molar-refractivity contribution in [3.8, 4) is 5.75 Å². The van der Waals surface area contributed by atoms with Gasteiger partial charge < -0.3 is 4.74 Å². The first-order valence-corrected chi connectivity index (χ1v) is 9.50. The van der Waals surface area contributed by atoms with Crippen LogP contribution in [-0.4, -0.2) is 23.1 Å². The number of likely N-dealkylation sites (N-methyl/N-ethyl adjacent to an activating group) is 1. The van der Waals surface area contributed by atoms with Crippen LogP contribution in [0.5, 0.6) is 5.75 Å². The lowest BCUT2D eigenvalue weighted by molar-refractivity contribution is -0.121. The second-order valence-corrected chi connectivity index (χ2v) is 7.38. The zero-order valence-electron chi connectivity index (χ0n) is 14.8. The van der Waals surface area contributed by atoms with Crippen LogP contribution in [0, 0.1) is 0 Å². The molecule has 6 heteroatoms. The minimum Gasteiger partial charge on any atom is -0.489 e. The molecule has 1 fully saturated rings. The molecule has 1 aliphatic rings. The summed E-state index contributed by atoms with van der Waals surface area (Å²) in [6.07, 6.45) is 4.13. The van der Waals surface area contributed by atoms with Gasteiger partial charge in [-0.25, -0.2) is 0 Å². The van der Waals surface area contributed by atoms with Crippen molar-refractivity contribution in [3.05, 3.63) is 81.7 Å². The average Bonchev–Trinajstić information content (AvgIpc) is 2.89. The normalized spacial score (nSPS) is 15.5. The highest BCUT2D eigenvalue weighted by atomic mass is 35.5. The van der Waals surface area contributed by atoms with E-state index in [0.717, 1.165) is 39.1 Å². The highest BCUT2D eigenvalue weighted by Crippen LogP contribution is 2.32. The number of thioether (sulfide) groups is 1. The summed E-state index contributed by atoms with van der Waals surface area (Å²) < 4.78 is 5.95. The van der Waals surface area contributed by atoms with Gasteiger partial charge in [-0.3, -0.25) is 14.5 Å². The average molecular weight is 400 g/mol. The third-order valence-corrected chi connectivity index (χ3v) is 5.40. The van der Waals surface area contributed by atoms with E-state index >= 15 is 0 Å². The van der Waals surface area contributed by atoms with E-state index in [0.29, 0.717) is 23.0 Å². The van der Waals surface area contributed by atoms with Gasteiger partial charge in [0, 0.05) is 17.6 Å². The molecule has 2 amide bonds. The second kappa shape index (κ2) is 8.46. The summed E-state index contributed by atoms with van der Waals surface area (Å²) in [4.78, 5) is 25.2. The van der Waals surface area contributed by atoms with E-state index in [4.69, 9.17) is 16.3 Å². The lowest BCUT2D eigenvalue weighted by atomic mass is 10.1. The van der Waals surface area contributed by atoms with Crippen LogP contribution in [0.4, 0.5) is 4.79 Å². The molecule has 1 aliphatic heterocycles. The molecule has 4 nitrogen and oxygen atoms in total. The molecule has 0 aliphatic carbocycles. The summed E-state index contributed by atoms with van der Waals surface area (Å²) in [7, 11) is 1.48. The van der Waals surface area contributed by atoms with Gasteiger partial charge in [-0.05, 0) is 53.6 Å². The van der Waals surface area contributed by atoms with Crippen molar-refractivity contribution < 1.29 is 14.3 Å². The molecule has 2 aromatic carbocycles. The highest BCUT2D eigenvalue weighted by Gasteiger charge is 2.31. The summed E-state index contributed by atoms with van der Waals surface area (Å²) in [6, 6.07) is 13.2. The van der Waals surface area contributed by atoms with E-state index < -0.39 is 0 Å². The Balaban J connectivity index is 1.83. The summed E-state index contributed by atoms with van der Waals surface area (Å²) in [5.41, 5.74) is 2.68. The number of nitrogens with zero attached hydrogens (tertiary/aromatic N) is 1. The minimum atomic E-state index is -0.283. The van der Waals surface area contributed by atoms with E-state index in [-0.39, 0.29) is 11.1 Å². The Morgan fingerprint density at radius 1 is 1.19 bits per heavy atom. The third kappa shape index (κ3) is 4.43. The zero-order valence-corrected chi connectivity index (χ0v) is 16.3. The molecule has 1 saturated heterocycles. The minimum absolute atomic E-state index is 0.266. The largest absolute Gasteiger partial charge is 0.489 e. The number of halogens is 1. The van der Waals surface area contributed by atoms with Gasteiger partial charge in [-0.2, -0.15) is 0 Å². The predicted octanol–water partition coefficient (Wildman–Crippen LogP) is 5.31. The number of carbonyl (C=O) groups excluding carboxylic acids is 2. The van der Waals surface area contributed by atoms with Crippen molar-refractivity contribution in [3.63, 3.8) is 0 Å². The first-order chi connectivity index (χ1) is 13.0. The van der Waals surface area contributed by atoms with E-state index in [9.17, 15) is 9.59 Å². The maximum atomic E-state index is 12.1. The van der Waals surface area contributed by atoms with Crippen molar-refractivity contribution in [1.82, 2.24) is 4.90 Å². The van der Waals surface area contributed by atoms with Crippen LogP contribution in [-0.2, 0) is 17.8 Å². The standard InChI is InChI=1S/C21H18ClNO3S/c1-3-6-15-11-14(12-19-20(24)23(2)21(25)27-19)9-10-18(15)26-13-16-7-4-5-8-17(16)22/h3-5,7-12H,1,6,13H2,2H3/b19-12-. The van der Waals surface area contributed by atoms with Crippen LogP contribution in [0.1, 0.15) is 16.7 Å². The molecule has 27 heavy (non-hydrogen) atoms. The SMILES string of the molecule is C=CCc1cc(/C=C2\SC(=O)N(C)C2=O)ccc1OCc1ccccc1Cl. The van der Waals surface area contributed by atoms with Crippen molar-refractivity contribution in [2.45, 2.75) is 13.0 Å². The van der Waals surface area contributed by atoms with Crippen LogP contribution < -0.4 is 4.74 Å². The van der Waals surface area contributed by atoms with Crippen LogP contribution >= 0.6 is 23.4 Å². The lowest BCUT2D eigenvalue weighted by Gasteiger charge is -2.12. The van der Waals surface area contributed by atoms with Crippen molar-refractivity contribution >= 4 is 40.6 Å².